The Morgan fingerprint density at radius 2 is 1.83 bits per heavy atom. The molecule has 0 radical (unpaired) electrons. The fourth-order valence-electron chi connectivity index (χ4n) is 0.611. The van der Waals surface area contributed by atoms with Gasteiger partial charge in [-0.25, -0.2) is 9.37 Å². The molecule has 1 nitrogen and oxygen atoms in total. The predicted octanol–water partition coefficient (Wildman–Crippen LogP) is 2.84. The summed E-state index contributed by atoms with van der Waals surface area (Å²) < 4.78 is 48.1. The van der Waals surface area contributed by atoms with Gasteiger partial charge in [0.05, 0.1) is 0 Å². The van der Waals surface area contributed by atoms with Crippen LogP contribution in [0.1, 0.15) is 5.69 Å². The van der Waals surface area contributed by atoms with E-state index in [1.54, 1.807) is 0 Å². The minimum absolute atomic E-state index is 0.0140. The molecule has 0 N–H and O–H groups in total. The lowest BCUT2D eigenvalue weighted by Gasteiger charge is -2.05. The van der Waals surface area contributed by atoms with E-state index in [-0.39, 0.29) is 3.70 Å². The highest BCUT2D eigenvalue weighted by Crippen LogP contribution is 2.28. The van der Waals surface area contributed by atoms with Crippen molar-refractivity contribution in [1.29, 1.82) is 0 Å². The highest BCUT2D eigenvalue weighted by atomic mass is 127. The number of pyridine rings is 1. The zero-order valence-corrected chi connectivity index (χ0v) is 7.65. The Kier molecular flexibility index (Phi) is 2.55. The monoisotopic (exact) mass is 291 g/mol. The van der Waals surface area contributed by atoms with Gasteiger partial charge < -0.3 is 0 Å². The average molecular weight is 291 g/mol. The second-order valence-electron chi connectivity index (χ2n) is 1.99. The van der Waals surface area contributed by atoms with Gasteiger partial charge in [-0.3, -0.25) is 0 Å². The Morgan fingerprint density at radius 3 is 2.25 bits per heavy atom. The van der Waals surface area contributed by atoms with Gasteiger partial charge in [0.25, 0.3) is 0 Å². The van der Waals surface area contributed by atoms with Crippen LogP contribution < -0.4 is 0 Å². The van der Waals surface area contributed by atoms with Crippen LogP contribution in [0.15, 0.2) is 12.1 Å². The number of alkyl halides is 3. The first-order chi connectivity index (χ1) is 5.39. The van der Waals surface area contributed by atoms with Crippen molar-refractivity contribution >= 4 is 22.6 Å². The maximum absolute atomic E-state index is 12.4. The van der Waals surface area contributed by atoms with Crippen molar-refractivity contribution in [3.05, 3.63) is 27.3 Å². The summed E-state index contributed by atoms with van der Waals surface area (Å²) in [7, 11) is 0. The van der Waals surface area contributed by atoms with Crippen LogP contribution in [0.2, 0.25) is 0 Å². The summed E-state index contributed by atoms with van der Waals surface area (Å²) in [5, 5.41) is 0. The van der Waals surface area contributed by atoms with Crippen molar-refractivity contribution in [3.63, 3.8) is 0 Å². The van der Waals surface area contributed by atoms with E-state index in [1.165, 1.54) is 22.6 Å². The number of hydrogen-bond donors (Lipinski definition) is 0. The smallest absolute Gasteiger partial charge is 0.237 e. The van der Waals surface area contributed by atoms with Crippen molar-refractivity contribution in [1.82, 2.24) is 4.98 Å². The SMILES string of the molecule is Fc1cc(I)nc(C(F)(F)F)c1. The molecule has 12 heavy (non-hydrogen) atoms. The van der Waals surface area contributed by atoms with Crippen LogP contribution in [0.4, 0.5) is 17.6 Å². The number of nitrogens with zero attached hydrogens (tertiary/aromatic N) is 1. The van der Waals surface area contributed by atoms with Gasteiger partial charge in [-0.2, -0.15) is 13.2 Å². The van der Waals surface area contributed by atoms with Gasteiger partial charge >= 0.3 is 6.18 Å². The average Bonchev–Trinajstić information content (AvgIpc) is 1.82. The van der Waals surface area contributed by atoms with E-state index >= 15 is 0 Å². The second-order valence-corrected chi connectivity index (χ2v) is 3.10. The molecule has 6 heteroatoms. The molecular weight excluding hydrogens is 289 g/mol. The van der Waals surface area contributed by atoms with E-state index in [4.69, 9.17) is 0 Å². The molecule has 0 amide bonds. The molecular formula is C6H2F4IN. The zero-order valence-electron chi connectivity index (χ0n) is 5.49. The molecule has 0 aliphatic heterocycles. The van der Waals surface area contributed by atoms with Crippen LogP contribution in [0.3, 0.4) is 0 Å². The van der Waals surface area contributed by atoms with Crippen molar-refractivity contribution in [3.8, 4) is 0 Å². The van der Waals surface area contributed by atoms with E-state index in [1.807, 2.05) is 0 Å². The van der Waals surface area contributed by atoms with Crippen molar-refractivity contribution in [2.24, 2.45) is 0 Å². The first kappa shape index (κ1) is 9.69. The summed E-state index contributed by atoms with van der Waals surface area (Å²) in [6, 6.07) is 1.29. The summed E-state index contributed by atoms with van der Waals surface area (Å²) in [5.41, 5.74) is -1.20. The lowest BCUT2D eigenvalue weighted by Crippen LogP contribution is -2.09. The molecule has 0 fully saturated rings. The summed E-state index contributed by atoms with van der Waals surface area (Å²) in [6.45, 7) is 0. The maximum atomic E-state index is 12.4. The molecule has 0 saturated heterocycles. The van der Waals surface area contributed by atoms with Crippen molar-refractivity contribution in [2.45, 2.75) is 6.18 Å². The normalized spacial score (nSPS) is 11.8. The topological polar surface area (TPSA) is 12.9 Å². The van der Waals surface area contributed by atoms with E-state index in [0.29, 0.717) is 6.07 Å². The molecule has 1 aromatic heterocycles. The van der Waals surface area contributed by atoms with Gasteiger partial charge in [0.2, 0.25) is 0 Å². The van der Waals surface area contributed by atoms with Gasteiger partial charge in [-0.05, 0) is 22.6 Å². The maximum Gasteiger partial charge on any atom is 0.433 e. The van der Waals surface area contributed by atoms with Crippen LogP contribution in [0.5, 0.6) is 0 Å². The molecule has 0 aliphatic rings. The Hall–Kier alpha value is -0.400. The van der Waals surface area contributed by atoms with Crippen molar-refractivity contribution in [2.75, 3.05) is 0 Å². The molecule has 0 aliphatic carbocycles. The van der Waals surface area contributed by atoms with E-state index in [9.17, 15) is 17.6 Å². The number of rotatable bonds is 0. The van der Waals surface area contributed by atoms with Crippen LogP contribution in [-0.2, 0) is 6.18 Å². The first-order valence-electron chi connectivity index (χ1n) is 2.80. The quantitative estimate of drug-likeness (QED) is 0.407. The Labute approximate surface area is 78.9 Å². The van der Waals surface area contributed by atoms with E-state index < -0.39 is 17.7 Å². The molecule has 66 valence electrons. The summed E-state index contributed by atoms with van der Waals surface area (Å²) in [5.74, 6) is -0.929. The summed E-state index contributed by atoms with van der Waals surface area (Å²) >= 11 is 1.52. The van der Waals surface area contributed by atoms with Crippen LogP contribution in [0, 0.1) is 9.52 Å². The number of aromatic nitrogens is 1. The third-order valence-electron chi connectivity index (χ3n) is 1.05. The summed E-state index contributed by atoms with van der Waals surface area (Å²) in [4.78, 5) is 3.13. The Bertz CT molecular complexity index is 276. The summed E-state index contributed by atoms with van der Waals surface area (Å²) in [6.07, 6.45) is -4.58. The molecule has 1 aromatic rings. The Balaban J connectivity index is 3.18. The van der Waals surface area contributed by atoms with Gasteiger partial charge in [0.15, 0.2) is 0 Å². The minimum Gasteiger partial charge on any atom is -0.237 e. The molecule has 0 unspecified atom stereocenters. The predicted molar refractivity (Wildman–Crippen MR) is 41.9 cm³/mol. The molecule has 0 saturated carbocycles. The third-order valence-corrected chi connectivity index (χ3v) is 1.60. The standard InChI is InChI=1S/C6H2F4IN/c7-3-1-4(6(8,9)10)12-5(11)2-3/h1-2H. The van der Waals surface area contributed by atoms with E-state index in [0.717, 1.165) is 6.07 Å². The number of hydrogen-bond acceptors (Lipinski definition) is 1. The van der Waals surface area contributed by atoms with Crippen molar-refractivity contribution < 1.29 is 17.6 Å². The van der Waals surface area contributed by atoms with Gasteiger partial charge in [-0.1, -0.05) is 0 Å². The fourth-order valence-corrected chi connectivity index (χ4v) is 1.17. The van der Waals surface area contributed by atoms with Crippen LogP contribution in [0.25, 0.3) is 0 Å². The van der Waals surface area contributed by atoms with Gasteiger partial charge in [0, 0.05) is 12.1 Å². The molecule has 0 atom stereocenters. The van der Waals surface area contributed by atoms with Crippen LogP contribution >= 0.6 is 22.6 Å². The third kappa shape index (κ3) is 2.29. The van der Waals surface area contributed by atoms with Crippen LogP contribution in [-0.4, -0.2) is 4.98 Å². The highest BCUT2D eigenvalue weighted by molar-refractivity contribution is 14.1. The Morgan fingerprint density at radius 1 is 1.25 bits per heavy atom. The minimum atomic E-state index is -4.58. The molecule has 0 bridgehead atoms. The molecule has 0 spiro atoms. The first-order valence-corrected chi connectivity index (χ1v) is 3.88. The largest absolute Gasteiger partial charge is 0.433 e. The fraction of sp³-hybridized carbons (Fsp3) is 0.167. The lowest BCUT2D eigenvalue weighted by molar-refractivity contribution is -0.141. The highest BCUT2D eigenvalue weighted by Gasteiger charge is 2.33. The molecule has 1 heterocycles. The zero-order chi connectivity index (χ0) is 9.35. The number of halogens is 5. The van der Waals surface area contributed by atoms with Gasteiger partial charge in [-0.15, -0.1) is 0 Å². The lowest BCUT2D eigenvalue weighted by atomic mass is 10.3. The van der Waals surface area contributed by atoms with Gasteiger partial charge in [0.1, 0.15) is 15.2 Å². The molecule has 1 rings (SSSR count). The van der Waals surface area contributed by atoms with E-state index in [2.05, 4.69) is 4.98 Å². The molecule has 0 aromatic carbocycles. The second kappa shape index (κ2) is 3.15.